The van der Waals surface area contributed by atoms with Crippen molar-refractivity contribution in [2.24, 2.45) is 7.05 Å². The highest BCUT2D eigenvalue weighted by Gasteiger charge is 2.16. The third-order valence-corrected chi connectivity index (χ3v) is 4.40. The number of hydrogen-bond donors (Lipinski definition) is 0. The van der Waals surface area contributed by atoms with Gasteiger partial charge in [0, 0.05) is 31.1 Å². The maximum atomic E-state index is 13.6. The van der Waals surface area contributed by atoms with Crippen molar-refractivity contribution >= 4 is 11.0 Å². The highest BCUT2D eigenvalue weighted by Crippen LogP contribution is 2.34. The fourth-order valence-corrected chi connectivity index (χ4v) is 3.07. The summed E-state index contributed by atoms with van der Waals surface area (Å²) in [4.78, 5) is 8.75. The molecule has 0 N–H and O–H groups in total. The molecule has 4 rings (SSSR count). The van der Waals surface area contributed by atoms with Crippen LogP contribution in [0.1, 0.15) is 11.1 Å². The first-order valence-electron chi connectivity index (χ1n) is 8.37. The second kappa shape index (κ2) is 6.59. The maximum Gasteiger partial charge on any atom is 0.144 e. The van der Waals surface area contributed by atoms with Gasteiger partial charge >= 0.3 is 0 Å². The number of hydrogen-bond acceptors (Lipinski definition) is 3. The second-order valence-electron chi connectivity index (χ2n) is 6.23. The van der Waals surface area contributed by atoms with Gasteiger partial charge in [0.05, 0.1) is 16.6 Å². The summed E-state index contributed by atoms with van der Waals surface area (Å²) in [7, 11) is 1.93. The van der Waals surface area contributed by atoms with Gasteiger partial charge < -0.3 is 9.30 Å². The summed E-state index contributed by atoms with van der Waals surface area (Å²) < 4.78 is 21.6. The number of fused-ring (bicyclic) bond motifs is 1. The summed E-state index contributed by atoms with van der Waals surface area (Å²) in [6.07, 6.45) is 3.52. The Morgan fingerprint density at radius 1 is 1.12 bits per heavy atom. The van der Waals surface area contributed by atoms with Crippen LogP contribution in [0.5, 0.6) is 5.75 Å². The van der Waals surface area contributed by atoms with Crippen LogP contribution in [0.2, 0.25) is 0 Å². The fourth-order valence-electron chi connectivity index (χ4n) is 3.07. The number of pyridine rings is 1. The molecule has 0 unspecified atom stereocenters. The number of ether oxygens (including phenoxy) is 1. The van der Waals surface area contributed by atoms with Crippen molar-refractivity contribution in [2.45, 2.75) is 13.5 Å². The number of imidazole rings is 1. The van der Waals surface area contributed by atoms with Crippen LogP contribution in [0.15, 0.2) is 60.9 Å². The van der Waals surface area contributed by atoms with Gasteiger partial charge in [-0.05, 0) is 36.8 Å². The number of para-hydroxylation sites is 1. The lowest BCUT2D eigenvalue weighted by molar-refractivity contribution is 0.304. The van der Waals surface area contributed by atoms with E-state index in [-0.39, 0.29) is 5.82 Å². The molecule has 130 valence electrons. The molecule has 0 radical (unpaired) electrons. The minimum atomic E-state index is -0.292. The van der Waals surface area contributed by atoms with Gasteiger partial charge in [-0.2, -0.15) is 0 Å². The summed E-state index contributed by atoms with van der Waals surface area (Å²) in [5.74, 6) is 1.23. The van der Waals surface area contributed by atoms with Crippen molar-refractivity contribution < 1.29 is 9.13 Å². The van der Waals surface area contributed by atoms with Crippen molar-refractivity contribution in [1.29, 1.82) is 0 Å². The molecule has 0 amide bonds. The van der Waals surface area contributed by atoms with Gasteiger partial charge in [0.1, 0.15) is 24.0 Å². The third kappa shape index (κ3) is 2.92. The largest absolute Gasteiger partial charge is 0.488 e. The van der Waals surface area contributed by atoms with Gasteiger partial charge in [-0.1, -0.05) is 18.2 Å². The van der Waals surface area contributed by atoms with Crippen molar-refractivity contribution in [2.75, 3.05) is 0 Å². The molecule has 0 aliphatic rings. The normalized spacial score (nSPS) is 11.0. The van der Waals surface area contributed by atoms with E-state index in [1.807, 2.05) is 48.9 Å². The van der Waals surface area contributed by atoms with E-state index in [1.54, 1.807) is 18.5 Å². The Bertz CT molecular complexity index is 1070. The lowest BCUT2D eigenvalue weighted by atomic mass is 10.1. The van der Waals surface area contributed by atoms with Crippen LogP contribution in [0.25, 0.3) is 22.4 Å². The Morgan fingerprint density at radius 3 is 2.81 bits per heavy atom. The second-order valence-corrected chi connectivity index (χ2v) is 6.23. The molecule has 5 heteroatoms. The highest BCUT2D eigenvalue weighted by atomic mass is 19.1. The monoisotopic (exact) mass is 347 g/mol. The Morgan fingerprint density at radius 2 is 2.00 bits per heavy atom. The zero-order chi connectivity index (χ0) is 18.1. The lowest BCUT2D eigenvalue weighted by Crippen LogP contribution is -2.01. The molecule has 26 heavy (non-hydrogen) atoms. The van der Waals surface area contributed by atoms with E-state index in [2.05, 4.69) is 9.97 Å². The Labute approximate surface area is 150 Å². The molecule has 0 aliphatic heterocycles. The molecule has 4 aromatic rings. The molecule has 0 saturated heterocycles. The molecule has 0 saturated carbocycles. The first-order chi connectivity index (χ1) is 12.6. The Hall–Kier alpha value is -3.21. The van der Waals surface area contributed by atoms with Crippen LogP contribution in [-0.2, 0) is 13.7 Å². The molecule has 0 aliphatic carbocycles. The fraction of sp³-hybridized carbons (Fsp3) is 0.143. The quantitative estimate of drug-likeness (QED) is 0.539. The van der Waals surface area contributed by atoms with Crippen molar-refractivity contribution in [3.8, 4) is 17.1 Å². The summed E-state index contributed by atoms with van der Waals surface area (Å²) >= 11 is 0. The van der Waals surface area contributed by atoms with Gasteiger partial charge in [0.25, 0.3) is 0 Å². The van der Waals surface area contributed by atoms with Crippen LogP contribution in [0.3, 0.4) is 0 Å². The Balaban J connectivity index is 1.77. The number of nitrogens with zero attached hydrogens (tertiary/aromatic N) is 3. The van der Waals surface area contributed by atoms with E-state index >= 15 is 0 Å². The topological polar surface area (TPSA) is 39.9 Å². The van der Waals surface area contributed by atoms with Gasteiger partial charge in [0.2, 0.25) is 0 Å². The Kier molecular flexibility index (Phi) is 4.13. The molecule has 0 fully saturated rings. The molecule has 2 aromatic heterocycles. The molecular weight excluding hydrogens is 329 g/mol. The summed E-state index contributed by atoms with van der Waals surface area (Å²) in [5.41, 5.74) is 4.40. The molecule has 2 aromatic carbocycles. The number of halogens is 1. The predicted molar refractivity (Wildman–Crippen MR) is 99.4 cm³/mol. The lowest BCUT2D eigenvalue weighted by Gasteiger charge is -2.14. The van der Waals surface area contributed by atoms with E-state index in [9.17, 15) is 4.39 Å². The van der Waals surface area contributed by atoms with Crippen LogP contribution < -0.4 is 4.74 Å². The van der Waals surface area contributed by atoms with Crippen LogP contribution in [-0.4, -0.2) is 14.5 Å². The first kappa shape index (κ1) is 16.3. The summed E-state index contributed by atoms with van der Waals surface area (Å²) in [6, 6.07) is 14.5. The number of aromatic nitrogens is 3. The van der Waals surface area contributed by atoms with E-state index in [0.29, 0.717) is 12.1 Å². The molecule has 0 bridgehead atoms. The zero-order valence-electron chi connectivity index (χ0n) is 14.6. The van der Waals surface area contributed by atoms with Gasteiger partial charge in [-0.25, -0.2) is 9.37 Å². The predicted octanol–water partition coefficient (Wildman–Crippen LogP) is 4.66. The molecule has 2 heterocycles. The summed E-state index contributed by atoms with van der Waals surface area (Å²) in [5, 5.41) is 0. The van der Waals surface area contributed by atoms with Crippen LogP contribution >= 0.6 is 0 Å². The van der Waals surface area contributed by atoms with E-state index < -0.39 is 0 Å². The van der Waals surface area contributed by atoms with Gasteiger partial charge in [0.15, 0.2) is 0 Å². The third-order valence-electron chi connectivity index (χ3n) is 4.40. The number of rotatable bonds is 4. The standard InChI is InChI=1S/C21H18FN3O/c1-14-5-3-7-17(20(14)26-13-15-6-4-10-23-12-15)21-24-18-11-16(22)8-9-19(18)25(21)2/h3-12H,13H2,1-2H3. The van der Waals surface area contributed by atoms with Crippen molar-refractivity contribution in [3.05, 3.63) is 77.9 Å². The SMILES string of the molecule is Cc1cccc(-c2nc3cc(F)ccc3n2C)c1OCc1cccnc1. The number of aryl methyl sites for hydroxylation is 2. The first-order valence-corrected chi connectivity index (χ1v) is 8.37. The van der Waals surface area contributed by atoms with Crippen molar-refractivity contribution in [1.82, 2.24) is 14.5 Å². The summed E-state index contributed by atoms with van der Waals surface area (Å²) in [6.45, 7) is 2.43. The average Bonchev–Trinajstić information content (AvgIpc) is 2.97. The number of benzene rings is 2. The molecular formula is C21H18FN3O. The molecule has 0 atom stereocenters. The minimum absolute atomic E-state index is 0.292. The highest BCUT2D eigenvalue weighted by molar-refractivity contribution is 5.82. The van der Waals surface area contributed by atoms with Gasteiger partial charge in [-0.15, -0.1) is 0 Å². The smallest absolute Gasteiger partial charge is 0.144 e. The zero-order valence-corrected chi connectivity index (χ0v) is 14.6. The van der Waals surface area contributed by atoms with Crippen molar-refractivity contribution in [3.63, 3.8) is 0 Å². The van der Waals surface area contributed by atoms with Gasteiger partial charge in [-0.3, -0.25) is 4.98 Å². The maximum absolute atomic E-state index is 13.6. The van der Waals surface area contributed by atoms with E-state index in [4.69, 9.17) is 4.74 Å². The van der Waals surface area contributed by atoms with Crippen LogP contribution in [0.4, 0.5) is 4.39 Å². The molecule has 0 spiro atoms. The minimum Gasteiger partial charge on any atom is -0.488 e. The van der Waals surface area contributed by atoms with E-state index in [1.165, 1.54) is 12.1 Å². The van der Waals surface area contributed by atoms with Crippen LogP contribution in [0, 0.1) is 12.7 Å². The van der Waals surface area contributed by atoms with E-state index in [0.717, 1.165) is 33.8 Å². The average molecular weight is 347 g/mol. The molecule has 4 nitrogen and oxygen atoms in total.